The van der Waals surface area contributed by atoms with E-state index in [0.29, 0.717) is 28.2 Å². The van der Waals surface area contributed by atoms with E-state index in [1.807, 2.05) is 62.4 Å². The summed E-state index contributed by atoms with van der Waals surface area (Å²) < 4.78 is 5.86. The number of furan rings is 1. The van der Waals surface area contributed by atoms with E-state index < -0.39 is 0 Å². The van der Waals surface area contributed by atoms with Gasteiger partial charge < -0.3 is 9.73 Å². The van der Waals surface area contributed by atoms with E-state index in [0.717, 1.165) is 16.5 Å². The second-order valence-electron chi connectivity index (χ2n) is 6.79. The third-order valence-corrected chi connectivity index (χ3v) is 4.72. The van der Waals surface area contributed by atoms with Gasteiger partial charge in [-0.25, -0.2) is 0 Å². The maximum absolute atomic E-state index is 12.8. The van der Waals surface area contributed by atoms with Gasteiger partial charge in [-0.15, -0.1) is 0 Å². The van der Waals surface area contributed by atoms with Crippen LogP contribution in [0.4, 0.5) is 5.69 Å². The van der Waals surface area contributed by atoms with Crippen molar-refractivity contribution in [1.82, 2.24) is 0 Å². The SMILES string of the molecule is Cc1cccc(C(=O)Nc2ccc3c(C)c(C(=O)c4ccccc4)oc3c2)c1. The summed E-state index contributed by atoms with van der Waals surface area (Å²) in [4.78, 5) is 25.2. The van der Waals surface area contributed by atoms with E-state index in [4.69, 9.17) is 4.42 Å². The Labute approximate surface area is 162 Å². The minimum atomic E-state index is -0.188. The molecule has 138 valence electrons. The number of benzene rings is 3. The van der Waals surface area contributed by atoms with Gasteiger partial charge >= 0.3 is 0 Å². The van der Waals surface area contributed by atoms with Gasteiger partial charge in [0.15, 0.2) is 5.76 Å². The Bertz CT molecular complexity index is 1190. The first kappa shape index (κ1) is 17.7. The summed E-state index contributed by atoms with van der Waals surface area (Å²) in [7, 11) is 0. The molecular weight excluding hydrogens is 350 g/mol. The van der Waals surface area contributed by atoms with Crippen molar-refractivity contribution in [2.45, 2.75) is 13.8 Å². The first-order chi connectivity index (χ1) is 13.5. The number of ketones is 1. The highest BCUT2D eigenvalue weighted by Crippen LogP contribution is 2.29. The molecule has 0 saturated carbocycles. The van der Waals surface area contributed by atoms with Crippen LogP contribution in [0.2, 0.25) is 0 Å². The van der Waals surface area contributed by atoms with Crippen molar-refractivity contribution >= 4 is 28.3 Å². The van der Waals surface area contributed by atoms with E-state index in [2.05, 4.69) is 5.32 Å². The normalized spacial score (nSPS) is 10.8. The zero-order valence-corrected chi connectivity index (χ0v) is 15.7. The van der Waals surface area contributed by atoms with Gasteiger partial charge in [-0.3, -0.25) is 9.59 Å². The molecule has 4 rings (SSSR count). The smallest absolute Gasteiger partial charge is 0.255 e. The van der Waals surface area contributed by atoms with Crippen molar-refractivity contribution < 1.29 is 14.0 Å². The predicted molar refractivity (Wildman–Crippen MR) is 110 cm³/mol. The molecule has 0 fully saturated rings. The molecule has 1 amide bonds. The van der Waals surface area contributed by atoms with Crippen LogP contribution in [0.5, 0.6) is 0 Å². The number of hydrogen-bond donors (Lipinski definition) is 1. The van der Waals surface area contributed by atoms with Crippen LogP contribution in [0.25, 0.3) is 11.0 Å². The summed E-state index contributed by atoms with van der Waals surface area (Å²) >= 11 is 0. The maximum atomic E-state index is 12.8. The van der Waals surface area contributed by atoms with Crippen LogP contribution in [0, 0.1) is 13.8 Å². The number of carbonyl (C=O) groups is 2. The maximum Gasteiger partial charge on any atom is 0.255 e. The monoisotopic (exact) mass is 369 g/mol. The number of hydrogen-bond acceptors (Lipinski definition) is 3. The molecule has 0 atom stereocenters. The van der Waals surface area contributed by atoms with Crippen LogP contribution in [0.3, 0.4) is 0 Å². The van der Waals surface area contributed by atoms with E-state index in [9.17, 15) is 9.59 Å². The highest BCUT2D eigenvalue weighted by atomic mass is 16.3. The fourth-order valence-electron chi connectivity index (χ4n) is 3.23. The molecule has 0 aliphatic carbocycles. The molecule has 0 bridgehead atoms. The number of amides is 1. The lowest BCUT2D eigenvalue weighted by molar-refractivity contribution is 0.101. The second kappa shape index (κ2) is 7.16. The van der Waals surface area contributed by atoms with Gasteiger partial charge in [0.25, 0.3) is 5.91 Å². The molecule has 0 aliphatic rings. The van der Waals surface area contributed by atoms with Gasteiger partial charge in [0.1, 0.15) is 5.58 Å². The van der Waals surface area contributed by atoms with Gasteiger partial charge in [0, 0.05) is 33.8 Å². The van der Waals surface area contributed by atoms with E-state index in [1.54, 1.807) is 24.3 Å². The Morgan fingerprint density at radius 2 is 1.57 bits per heavy atom. The summed E-state index contributed by atoms with van der Waals surface area (Å²) in [6.07, 6.45) is 0. The third-order valence-electron chi connectivity index (χ3n) is 4.72. The molecule has 4 aromatic rings. The molecule has 28 heavy (non-hydrogen) atoms. The zero-order chi connectivity index (χ0) is 19.7. The topological polar surface area (TPSA) is 59.3 Å². The molecule has 4 heteroatoms. The van der Waals surface area contributed by atoms with Gasteiger partial charge in [-0.05, 0) is 38.1 Å². The van der Waals surface area contributed by atoms with Crippen molar-refractivity contribution in [3.05, 3.63) is 101 Å². The number of rotatable bonds is 4. The largest absolute Gasteiger partial charge is 0.452 e. The summed E-state index contributed by atoms with van der Waals surface area (Å²) in [5.74, 6) is -0.0186. The molecule has 0 aliphatic heterocycles. The number of aryl methyl sites for hydroxylation is 2. The summed E-state index contributed by atoms with van der Waals surface area (Å²) in [6.45, 7) is 3.81. The van der Waals surface area contributed by atoms with Crippen LogP contribution < -0.4 is 5.32 Å². The molecule has 0 saturated heterocycles. The lowest BCUT2D eigenvalue weighted by Gasteiger charge is -2.06. The van der Waals surface area contributed by atoms with Crippen molar-refractivity contribution in [2.75, 3.05) is 5.32 Å². The number of fused-ring (bicyclic) bond motifs is 1. The van der Waals surface area contributed by atoms with Crippen molar-refractivity contribution in [2.24, 2.45) is 0 Å². The number of nitrogens with one attached hydrogen (secondary N) is 1. The van der Waals surface area contributed by atoms with Crippen LogP contribution >= 0.6 is 0 Å². The van der Waals surface area contributed by atoms with Gasteiger partial charge in [-0.2, -0.15) is 0 Å². The Morgan fingerprint density at radius 1 is 0.821 bits per heavy atom. The minimum Gasteiger partial charge on any atom is -0.452 e. The quantitative estimate of drug-likeness (QED) is 0.481. The molecule has 1 heterocycles. The third kappa shape index (κ3) is 3.32. The zero-order valence-electron chi connectivity index (χ0n) is 15.7. The van der Waals surface area contributed by atoms with Crippen molar-refractivity contribution in [3.8, 4) is 0 Å². The van der Waals surface area contributed by atoms with Crippen molar-refractivity contribution in [1.29, 1.82) is 0 Å². The lowest BCUT2D eigenvalue weighted by atomic mass is 10.0. The highest BCUT2D eigenvalue weighted by molar-refractivity contribution is 6.11. The average molecular weight is 369 g/mol. The lowest BCUT2D eigenvalue weighted by Crippen LogP contribution is -2.11. The van der Waals surface area contributed by atoms with Crippen LogP contribution in [0.15, 0.2) is 77.2 Å². The van der Waals surface area contributed by atoms with E-state index >= 15 is 0 Å². The number of anilines is 1. The van der Waals surface area contributed by atoms with Gasteiger partial charge in [-0.1, -0.05) is 48.0 Å². The Balaban J connectivity index is 1.65. The number of carbonyl (C=O) groups excluding carboxylic acids is 2. The van der Waals surface area contributed by atoms with Gasteiger partial charge in [0.2, 0.25) is 5.78 Å². The molecule has 0 unspecified atom stereocenters. The second-order valence-corrected chi connectivity index (χ2v) is 6.79. The fourth-order valence-corrected chi connectivity index (χ4v) is 3.23. The standard InChI is InChI=1S/C24H19NO3/c1-15-7-6-10-18(13-15)24(27)25-19-11-12-20-16(2)23(28-21(20)14-19)22(26)17-8-4-3-5-9-17/h3-14H,1-2H3,(H,25,27). The van der Waals surface area contributed by atoms with Crippen LogP contribution in [-0.4, -0.2) is 11.7 Å². The summed E-state index contributed by atoms with van der Waals surface area (Å²) in [6, 6.07) is 21.9. The minimum absolute atomic E-state index is 0.153. The summed E-state index contributed by atoms with van der Waals surface area (Å²) in [5.41, 5.74) is 4.17. The highest BCUT2D eigenvalue weighted by Gasteiger charge is 2.19. The molecular formula is C24H19NO3. The fraction of sp³-hybridized carbons (Fsp3) is 0.0833. The summed E-state index contributed by atoms with van der Waals surface area (Å²) in [5, 5.41) is 3.74. The Kier molecular flexibility index (Phi) is 4.53. The molecule has 1 aromatic heterocycles. The van der Waals surface area contributed by atoms with Crippen molar-refractivity contribution in [3.63, 3.8) is 0 Å². The first-order valence-electron chi connectivity index (χ1n) is 9.04. The average Bonchev–Trinajstić information content (AvgIpc) is 3.04. The van der Waals surface area contributed by atoms with Crippen LogP contribution in [-0.2, 0) is 0 Å². The predicted octanol–water partition coefficient (Wildman–Crippen LogP) is 5.53. The van der Waals surface area contributed by atoms with E-state index in [-0.39, 0.29) is 11.7 Å². The molecule has 3 aromatic carbocycles. The molecule has 4 nitrogen and oxygen atoms in total. The van der Waals surface area contributed by atoms with Crippen LogP contribution in [0.1, 0.15) is 37.6 Å². The molecule has 1 N–H and O–H groups in total. The Hall–Kier alpha value is -3.66. The first-order valence-corrected chi connectivity index (χ1v) is 9.04. The molecule has 0 spiro atoms. The molecule has 0 radical (unpaired) electrons. The Morgan fingerprint density at radius 3 is 2.32 bits per heavy atom. The van der Waals surface area contributed by atoms with Gasteiger partial charge in [0.05, 0.1) is 0 Å². The van der Waals surface area contributed by atoms with E-state index in [1.165, 1.54) is 0 Å².